The van der Waals surface area contributed by atoms with Gasteiger partial charge in [0.15, 0.2) is 9.84 Å². The van der Waals surface area contributed by atoms with Crippen molar-refractivity contribution in [1.82, 2.24) is 0 Å². The average molecular weight is 305 g/mol. The molecule has 0 amide bonds. The average Bonchev–Trinajstić information content (AvgIpc) is 2.46. The number of rotatable bonds is 6. The molecule has 0 aromatic heterocycles. The molecule has 1 N–H and O–H groups in total. The van der Waals surface area contributed by atoms with E-state index < -0.39 is 9.84 Å². The number of sulfone groups is 1. The highest BCUT2D eigenvalue weighted by Gasteiger charge is 2.08. The molecule has 2 aromatic carbocycles. The minimum atomic E-state index is -3.16. The zero-order valence-electron chi connectivity index (χ0n) is 12.1. The molecule has 0 saturated carbocycles. The molecule has 0 heterocycles. The Bertz CT molecular complexity index is 666. The van der Waals surface area contributed by atoms with Crippen LogP contribution in [0.25, 0.3) is 0 Å². The van der Waals surface area contributed by atoms with Crippen LogP contribution in [0.3, 0.4) is 0 Å². The van der Waals surface area contributed by atoms with Gasteiger partial charge in [0.25, 0.3) is 0 Å². The molecule has 5 heteroatoms. The minimum absolute atomic E-state index is 0.0331. The molecule has 0 bridgehead atoms. The second-order valence-corrected chi connectivity index (χ2v) is 6.93. The van der Waals surface area contributed by atoms with Crippen LogP contribution in [0.1, 0.15) is 6.92 Å². The van der Waals surface area contributed by atoms with Crippen LogP contribution in [-0.2, 0) is 9.84 Å². The molecule has 0 aliphatic heterocycles. The Hall–Kier alpha value is -2.01. The Labute approximate surface area is 125 Å². The molecule has 4 nitrogen and oxygen atoms in total. The molecule has 1 unspecified atom stereocenters. The van der Waals surface area contributed by atoms with E-state index in [1.54, 1.807) is 24.3 Å². The van der Waals surface area contributed by atoms with Crippen molar-refractivity contribution in [2.24, 2.45) is 0 Å². The normalized spacial score (nSPS) is 12.7. The van der Waals surface area contributed by atoms with Crippen molar-refractivity contribution < 1.29 is 13.2 Å². The first-order valence-electron chi connectivity index (χ1n) is 6.71. The molecule has 0 radical (unpaired) electrons. The molecule has 0 saturated heterocycles. The first kappa shape index (κ1) is 15.4. The number of nitrogens with one attached hydrogen (secondary N) is 1. The Morgan fingerprint density at radius 3 is 2.24 bits per heavy atom. The van der Waals surface area contributed by atoms with E-state index in [0.29, 0.717) is 17.2 Å². The third kappa shape index (κ3) is 4.79. The summed E-state index contributed by atoms with van der Waals surface area (Å²) >= 11 is 0. The Kier molecular flexibility index (Phi) is 4.85. The highest BCUT2D eigenvalue weighted by molar-refractivity contribution is 7.90. The topological polar surface area (TPSA) is 55.4 Å². The maximum atomic E-state index is 11.4. The molecule has 21 heavy (non-hydrogen) atoms. The summed E-state index contributed by atoms with van der Waals surface area (Å²) in [7, 11) is -3.16. The lowest BCUT2D eigenvalue weighted by Gasteiger charge is -2.16. The van der Waals surface area contributed by atoms with E-state index in [-0.39, 0.29) is 6.10 Å². The number of ether oxygens (including phenoxy) is 1. The third-order valence-electron chi connectivity index (χ3n) is 2.96. The van der Waals surface area contributed by atoms with Crippen LogP contribution in [0, 0.1) is 0 Å². The second-order valence-electron chi connectivity index (χ2n) is 4.92. The van der Waals surface area contributed by atoms with Crippen LogP contribution < -0.4 is 10.1 Å². The van der Waals surface area contributed by atoms with Gasteiger partial charge in [-0.2, -0.15) is 0 Å². The van der Waals surface area contributed by atoms with Crippen molar-refractivity contribution in [2.75, 3.05) is 18.1 Å². The van der Waals surface area contributed by atoms with E-state index in [1.807, 2.05) is 37.3 Å². The summed E-state index contributed by atoms with van der Waals surface area (Å²) in [6.07, 6.45) is 1.16. The van der Waals surface area contributed by atoms with Crippen molar-refractivity contribution in [3.63, 3.8) is 0 Å². The predicted octanol–water partition coefficient (Wildman–Crippen LogP) is 2.97. The molecule has 112 valence electrons. The smallest absolute Gasteiger partial charge is 0.175 e. The maximum Gasteiger partial charge on any atom is 0.175 e. The zero-order chi connectivity index (χ0) is 15.3. The van der Waals surface area contributed by atoms with Crippen LogP contribution in [0.4, 0.5) is 5.69 Å². The fraction of sp³-hybridized carbons (Fsp3) is 0.250. The molecule has 1 atom stereocenters. The van der Waals surface area contributed by atoms with Crippen molar-refractivity contribution >= 4 is 15.5 Å². The summed E-state index contributed by atoms with van der Waals surface area (Å²) in [5.41, 5.74) is 1.04. The van der Waals surface area contributed by atoms with Gasteiger partial charge in [0.2, 0.25) is 0 Å². The fourth-order valence-electron chi connectivity index (χ4n) is 1.86. The van der Waals surface area contributed by atoms with E-state index in [9.17, 15) is 8.42 Å². The van der Waals surface area contributed by atoms with Crippen molar-refractivity contribution in [3.8, 4) is 5.75 Å². The largest absolute Gasteiger partial charge is 0.489 e. The summed E-state index contributed by atoms with van der Waals surface area (Å²) in [6.45, 7) is 2.62. The first-order chi connectivity index (χ1) is 9.95. The Balaban J connectivity index is 1.89. The number of anilines is 1. The van der Waals surface area contributed by atoms with Crippen molar-refractivity contribution in [1.29, 1.82) is 0 Å². The summed E-state index contributed by atoms with van der Waals surface area (Å²) in [5, 5.41) is 3.28. The van der Waals surface area contributed by atoms with E-state index in [0.717, 1.165) is 5.69 Å². The van der Waals surface area contributed by atoms with E-state index in [2.05, 4.69) is 5.32 Å². The molecule has 0 aliphatic carbocycles. The van der Waals surface area contributed by atoms with Gasteiger partial charge in [-0.15, -0.1) is 0 Å². The SMILES string of the molecule is CC(CNc1ccccc1)Oc1ccc(S(C)(=O)=O)cc1. The standard InChI is InChI=1S/C16H19NO3S/c1-13(12-17-14-6-4-3-5-7-14)20-15-8-10-16(11-9-15)21(2,18)19/h3-11,13,17H,12H2,1-2H3. The van der Waals surface area contributed by atoms with Gasteiger partial charge in [-0.3, -0.25) is 0 Å². The van der Waals surface area contributed by atoms with Gasteiger partial charge >= 0.3 is 0 Å². The molecule has 2 aromatic rings. The van der Waals surface area contributed by atoms with Crippen LogP contribution in [0.2, 0.25) is 0 Å². The number of hydrogen-bond donors (Lipinski definition) is 1. The van der Waals surface area contributed by atoms with E-state index >= 15 is 0 Å². The summed E-state index contributed by atoms with van der Waals surface area (Å²) in [4.78, 5) is 0.296. The highest BCUT2D eigenvalue weighted by Crippen LogP contribution is 2.17. The van der Waals surface area contributed by atoms with E-state index in [1.165, 1.54) is 6.26 Å². The monoisotopic (exact) mass is 305 g/mol. The van der Waals surface area contributed by atoms with Crippen molar-refractivity contribution in [3.05, 3.63) is 54.6 Å². The Morgan fingerprint density at radius 1 is 1.05 bits per heavy atom. The van der Waals surface area contributed by atoms with Crippen LogP contribution in [-0.4, -0.2) is 27.3 Å². The highest BCUT2D eigenvalue weighted by atomic mass is 32.2. The maximum absolute atomic E-state index is 11.4. The molecule has 0 fully saturated rings. The van der Waals surface area contributed by atoms with Gasteiger partial charge in [-0.25, -0.2) is 8.42 Å². The second kappa shape index (κ2) is 6.63. The van der Waals surface area contributed by atoms with Crippen LogP contribution >= 0.6 is 0 Å². The minimum Gasteiger partial charge on any atom is -0.489 e. The molecular weight excluding hydrogens is 286 g/mol. The quantitative estimate of drug-likeness (QED) is 0.891. The predicted molar refractivity (Wildman–Crippen MR) is 84.6 cm³/mol. The number of benzene rings is 2. The molecule has 0 aliphatic rings. The van der Waals surface area contributed by atoms with Gasteiger partial charge in [0.05, 0.1) is 11.4 Å². The van der Waals surface area contributed by atoms with Gasteiger partial charge < -0.3 is 10.1 Å². The lowest BCUT2D eigenvalue weighted by molar-refractivity contribution is 0.234. The lowest BCUT2D eigenvalue weighted by atomic mass is 10.3. The van der Waals surface area contributed by atoms with Gasteiger partial charge in [-0.05, 0) is 43.3 Å². The lowest BCUT2D eigenvalue weighted by Crippen LogP contribution is -2.22. The van der Waals surface area contributed by atoms with Crippen molar-refractivity contribution in [2.45, 2.75) is 17.9 Å². The van der Waals surface area contributed by atoms with Gasteiger partial charge in [-0.1, -0.05) is 18.2 Å². The van der Waals surface area contributed by atoms with Crippen LogP contribution in [0.15, 0.2) is 59.5 Å². The van der Waals surface area contributed by atoms with Gasteiger partial charge in [0, 0.05) is 11.9 Å². The molecule has 0 spiro atoms. The first-order valence-corrected chi connectivity index (χ1v) is 8.60. The zero-order valence-corrected chi connectivity index (χ0v) is 12.9. The molecule has 2 rings (SSSR count). The summed E-state index contributed by atoms with van der Waals surface area (Å²) in [6, 6.07) is 16.4. The van der Waals surface area contributed by atoms with E-state index in [4.69, 9.17) is 4.74 Å². The summed E-state index contributed by atoms with van der Waals surface area (Å²) < 4.78 is 28.5. The van der Waals surface area contributed by atoms with Crippen LogP contribution in [0.5, 0.6) is 5.75 Å². The number of hydrogen-bond acceptors (Lipinski definition) is 4. The Morgan fingerprint density at radius 2 is 1.67 bits per heavy atom. The van der Waals surface area contributed by atoms with Gasteiger partial charge in [0.1, 0.15) is 11.9 Å². The summed E-state index contributed by atoms with van der Waals surface area (Å²) in [5.74, 6) is 0.657. The molecular formula is C16H19NO3S. The number of para-hydroxylation sites is 1. The fourth-order valence-corrected chi connectivity index (χ4v) is 2.49. The third-order valence-corrected chi connectivity index (χ3v) is 4.09.